The van der Waals surface area contributed by atoms with E-state index in [-0.39, 0.29) is 10.6 Å². The van der Waals surface area contributed by atoms with Gasteiger partial charge in [0.15, 0.2) is 0 Å². The van der Waals surface area contributed by atoms with Crippen molar-refractivity contribution in [3.63, 3.8) is 0 Å². The van der Waals surface area contributed by atoms with Crippen LogP contribution < -0.4 is 5.73 Å². The molecule has 2 N–H and O–H groups in total. The van der Waals surface area contributed by atoms with Crippen LogP contribution in [-0.2, 0) is 6.18 Å². The lowest BCUT2D eigenvalue weighted by atomic mass is 10.1. The van der Waals surface area contributed by atoms with Crippen molar-refractivity contribution in [2.24, 2.45) is 5.73 Å². The van der Waals surface area contributed by atoms with Gasteiger partial charge in [0.1, 0.15) is 0 Å². The van der Waals surface area contributed by atoms with E-state index in [0.717, 1.165) is 18.6 Å². The molecule has 0 aliphatic carbocycles. The first kappa shape index (κ1) is 16.2. The van der Waals surface area contributed by atoms with E-state index in [9.17, 15) is 18.0 Å². The summed E-state index contributed by atoms with van der Waals surface area (Å²) in [5, 5.41) is 0. The first-order valence-corrected chi connectivity index (χ1v) is 7.39. The summed E-state index contributed by atoms with van der Waals surface area (Å²) >= 11 is 8.03. The van der Waals surface area contributed by atoms with Crippen molar-refractivity contribution in [2.45, 2.75) is 25.1 Å². The quantitative estimate of drug-likeness (QED) is 0.800. The smallest absolute Gasteiger partial charge is 0.392 e. The normalized spacial score (nSPS) is 18.9. The van der Waals surface area contributed by atoms with Crippen molar-refractivity contribution in [3.05, 3.63) is 33.8 Å². The summed E-state index contributed by atoms with van der Waals surface area (Å²) in [6, 6.07) is 2.60. The van der Waals surface area contributed by atoms with E-state index in [1.807, 2.05) is 0 Å². The average molecular weight is 381 g/mol. The van der Waals surface area contributed by atoms with Gasteiger partial charge in [0.25, 0.3) is 5.91 Å². The van der Waals surface area contributed by atoms with Crippen LogP contribution in [0.25, 0.3) is 0 Å². The Morgan fingerprint density at radius 2 is 2.10 bits per heavy atom. The van der Waals surface area contributed by atoms with Crippen molar-refractivity contribution >= 4 is 39.0 Å². The van der Waals surface area contributed by atoms with Crippen molar-refractivity contribution in [1.82, 2.24) is 4.90 Å². The molecule has 1 atom stereocenters. The van der Waals surface area contributed by atoms with Gasteiger partial charge in [-0.25, -0.2) is 0 Å². The number of carbonyl (C=O) groups is 1. The van der Waals surface area contributed by atoms with Gasteiger partial charge in [-0.05, 0) is 47.0 Å². The molecule has 2 rings (SSSR count). The maximum Gasteiger partial charge on any atom is 0.416 e. The van der Waals surface area contributed by atoms with E-state index in [2.05, 4.69) is 15.9 Å². The van der Waals surface area contributed by atoms with Gasteiger partial charge in [-0.3, -0.25) is 4.79 Å². The summed E-state index contributed by atoms with van der Waals surface area (Å²) in [6.07, 6.45) is -3.13. The molecule has 1 amide bonds. The van der Waals surface area contributed by atoms with E-state index in [1.165, 1.54) is 11.0 Å². The van der Waals surface area contributed by atoms with Gasteiger partial charge < -0.3 is 10.6 Å². The molecule has 8 heteroatoms. The van der Waals surface area contributed by atoms with Crippen LogP contribution in [0.3, 0.4) is 0 Å². The van der Waals surface area contributed by atoms with Gasteiger partial charge in [-0.2, -0.15) is 13.2 Å². The highest BCUT2D eigenvalue weighted by Gasteiger charge is 2.35. The first-order valence-electron chi connectivity index (χ1n) is 6.19. The lowest BCUT2D eigenvalue weighted by Crippen LogP contribution is -2.43. The number of hydrogen-bond acceptors (Lipinski definition) is 2. The van der Waals surface area contributed by atoms with Gasteiger partial charge in [-0.1, -0.05) is 12.2 Å². The number of carbonyl (C=O) groups excluding carboxylic acids is 1. The number of likely N-dealkylation sites (tertiary alicyclic amines) is 1. The molecule has 0 saturated carbocycles. The fourth-order valence-electron chi connectivity index (χ4n) is 2.33. The molecule has 1 aliphatic heterocycles. The Bertz CT molecular complexity index is 591. The van der Waals surface area contributed by atoms with Crippen LogP contribution >= 0.6 is 28.1 Å². The Balaban J connectivity index is 2.37. The summed E-state index contributed by atoms with van der Waals surface area (Å²) in [5.74, 6) is -0.497. The Hall–Kier alpha value is -1.15. The van der Waals surface area contributed by atoms with Crippen LogP contribution in [0.5, 0.6) is 0 Å². The van der Waals surface area contributed by atoms with E-state index in [0.29, 0.717) is 17.4 Å². The van der Waals surface area contributed by atoms with Gasteiger partial charge >= 0.3 is 6.18 Å². The molecular formula is C13H12BrF3N2OS. The monoisotopic (exact) mass is 380 g/mol. The third kappa shape index (κ3) is 3.37. The van der Waals surface area contributed by atoms with E-state index in [1.54, 1.807) is 0 Å². The first-order chi connectivity index (χ1) is 9.71. The lowest BCUT2D eigenvalue weighted by molar-refractivity contribution is -0.137. The summed E-state index contributed by atoms with van der Waals surface area (Å²) in [6.45, 7) is 0.434. The predicted molar refractivity (Wildman–Crippen MR) is 80.0 cm³/mol. The zero-order chi connectivity index (χ0) is 15.8. The zero-order valence-electron chi connectivity index (χ0n) is 10.8. The van der Waals surface area contributed by atoms with Crippen LogP contribution in [0, 0.1) is 0 Å². The maximum absolute atomic E-state index is 12.8. The Labute approximate surface area is 133 Å². The Morgan fingerprint density at radius 3 is 2.67 bits per heavy atom. The summed E-state index contributed by atoms with van der Waals surface area (Å²) < 4.78 is 38.6. The number of alkyl halides is 3. The Morgan fingerprint density at radius 1 is 1.43 bits per heavy atom. The SMILES string of the molecule is NC(=S)C1CCCN1C(=O)c1cc(C(F)(F)F)ccc1Br. The minimum absolute atomic E-state index is 0.0343. The van der Waals surface area contributed by atoms with Crippen LogP contribution in [-0.4, -0.2) is 28.4 Å². The van der Waals surface area contributed by atoms with Crippen LogP contribution in [0.2, 0.25) is 0 Å². The summed E-state index contributed by atoms with van der Waals surface area (Å²) in [7, 11) is 0. The largest absolute Gasteiger partial charge is 0.416 e. The standard InChI is InChI=1S/C13H12BrF3N2OS/c14-9-4-3-7(13(15,16)17)6-8(9)12(20)19-5-1-2-10(19)11(18)21/h3-4,6,10H,1-2,5H2,(H2,18,21). The molecule has 1 saturated heterocycles. The van der Waals surface area contributed by atoms with Gasteiger partial charge in [0.05, 0.1) is 22.2 Å². The minimum atomic E-state index is -4.50. The topological polar surface area (TPSA) is 46.3 Å². The van der Waals surface area contributed by atoms with Gasteiger partial charge in [0, 0.05) is 11.0 Å². The minimum Gasteiger partial charge on any atom is -0.392 e. The number of nitrogens with two attached hydrogens (primary N) is 1. The molecule has 0 bridgehead atoms. The molecule has 1 aliphatic rings. The fraction of sp³-hybridized carbons (Fsp3) is 0.385. The van der Waals surface area contributed by atoms with Crippen LogP contribution in [0.1, 0.15) is 28.8 Å². The molecule has 0 aromatic heterocycles. The number of hydrogen-bond donors (Lipinski definition) is 1. The number of nitrogens with zero attached hydrogens (tertiary/aromatic N) is 1. The van der Waals surface area contributed by atoms with Crippen LogP contribution in [0.15, 0.2) is 22.7 Å². The van der Waals surface area contributed by atoms with E-state index >= 15 is 0 Å². The fourth-order valence-corrected chi connectivity index (χ4v) is 2.99. The molecule has 1 fully saturated rings. The molecule has 1 aromatic rings. The molecule has 21 heavy (non-hydrogen) atoms. The summed E-state index contributed by atoms with van der Waals surface area (Å²) in [5.41, 5.74) is 4.69. The van der Waals surface area contributed by atoms with Crippen molar-refractivity contribution in [1.29, 1.82) is 0 Å². The highest BCUT2D eigenvalue weighted by molar-refractivity contribution is 9.10. The Kier molecular flexibility index (Phi) is 4.57. The second-order valence-corrected chi connectivity index (χ2v) is 6.08. The van der Waals surface area contributed by atoms with Crippen molar-refractivity contribution in [2.75, 3.05) is 6.54 Å². The lowest BCUT2D eigenvalue weighted by Gasteiger charge is -2.24. The molecule has 0 radical (unpaired) electrons. The summed E-state index contributed by atoms with van der Waals surface area (Å²) in [4.78, 5) is 14.1. The zero-order valence-corrected chi connectivity index (χ0v) is 13.2. The van der Waals surface area contributed by atoms with Gasteiger partial charge in [0.2, 0.25) is 0 Å². The number of thiocarbonyl (C=S) groups is 1. The average Bonchev–Trinajstić information content (AvgIpc) is 2.86. The van der Waals surface area contributed by atoms with Crippen molar-refractivity contribution < 1.29 is 18.0 Å². The number of halogens is 4. The third-order valence-electron chi connectivity index (χ3n) is 3.37. The molecule has 114 valence electrons. The second kappa shape index (κ2) is 5.92. The highest BCUT2D eigenvalue weighted by atomic mass is 79.9. The molecule has 0 spiro atoms. The molecule has 1 aromatic carbocycles. The van der Waals surface area contributed by atoms with Crippen LogP contribution in [0.4, 0.5) is 13.2 Å². The molecular weight excluding hydrogens is 369 g/mol. The van der Waals surface area contributed by atoms with Crippen molar-refractivity contribution in [3.8, 4) is 0 Å². The molecule has 1 heterocycles. The second-order valence-electron chi connectivity index (χ2n) is 4.75. The predicted octanol–water partition coefficient (Wildman–Crippen LogP) is 3.36. The number of rotatable bonds is 2. The third-order valence-corrected chi connectivity index (χ3v) is 4.33. The highest BCUT2D eigenvalue weighted by Crippen LogP contribution is 2.33. The van der Waals surface area contributed by atoms with E-state index < -0.39 is 23.7 Å². The van der Waals surface area contributed by atoms with Gasteiger partial charge in [-0.15, -0.1) is 0 Å². The maximum atomic E-state index is 12.8. The number of amides is 1. The van der Waals surface area contributed by atoms with E-state index in [4.69, 9.17) is 18.0 Å². The number of benzene rings is 1. The molecule has 1 unspecified atom stereocenters. The molecule has 3 nitrogen and oxygen atoms in total.